The molecule has 0 aromatic heterocycles. The summed E-state index contributed by atoms with van der Waals surface area (Å²) in [6, 6.07) is 6.17. The van der Waals surface area contributed by atoms with Crippen LogP contribution in [-0.4, -0.2) is 32.1 Å². The predicted molar refractivity (Wildman–Crippen MR) is 130 cm³/mol. The highest BCUT2D eigenvalue weighted by molar-refractivity contribution is 9.12. The van der Waals surface area contributed by atoms with Crippen LogP contribution in [0.4, 0.5) is 0 Å². The molecule has 7 heteroatoms. The van der Waals surface area contributed by atoms with Crippen molar-refractivity contribution in [2.45, 2.75) is 44.4 Å². The lowest BCUT2D eigenvalue weighted by molar-refractivity contribution is 0.259. The molecular formula is C23H30BrClN2O2S. The van der Waals surface area contributed by atoms with Crippen molar-refractivity contribution in [3.05, 3.63) is 62.8 Å². The molecule has 0 bridgehead atoms. The summed E-state index contributed by atoms with van der Waals surface area (Å²) in [6.07, 6.45) is 15.2. The third-order valence-electron chi connectivity index (χ3n) is 6.16. The summed E-state index contributed by atoms with van der Waals surface area (Å²) in [5.74, 6) is 1.02. The summed E-state index contributed by atoms with van der Waals surface area (Å²) in [5, 5.41) is 0.746. The molecule has 164 valence electrons. The van der Waals surface area contributed by atoms with E-state index in [1.165, 1.54) is 23.0 Å². The molecule has 1 aliphatic carbocycles. The second-order valence-corrected chi connectivity index (χ2v) is 11.6. The normalized spacial score (nSPS) is 22.8. The van der Waals surface area contributed by atoms with Crippen LogP contribution >= 0.6 is 27.5 Å². The van der Waals surface area contributed by atoms with Crippen LogP contribution in [0.5, 0.6) is 0 Å². The molecular weight excluding hydrogens is 484 g/mol. The second-order valence-electron chi connectivity index (χ2n) is 8.28. The van der Waals surface area contributed by atoms with Gasteiger partial charge >= 0.3 is 0 Å². The molecule has 2 N–H and O–H groups in total. The SMILES string of the molecule is CS(=O)(=O)N1CCC(CCCC2C/C(=C\C=C/N)C(Br)=Cc3cc(Cl)ccc32)CC1. The van der Waals surface area contributed by atoms with E-state index >= 15 is 0 Å². The first-order valence-corrected chi connectivity index (χ1v) is 13.5. The molecule has 1 unspecified atom stereocenters. The number of piperidine rings is 1. The fourth-order valence-electron chi connectivity index (χ4n) is 4.50. The van der Waals surface area contributed by atoms with E-state index in [1.807, 2.05) is 18.2 Å². The summed E-state index contributed by atoms with van der Waals surface area (Å²) in [4.78, 5) is 0. The standard InChI is InChI=1S/C23H30BrClN2O2S/c1-30(28,29)27-12-9-17(10-13-27)4-2-5-18-14-19(6-3-11-26)23(24)16-20-15-21(25)7-8-22(18)20/h3,6-8,11,15-18H,2,4-5,9-10,12-14,26H2,1H3/b11-3-,19-6+. The van der Waals surface area contributed by atoms with Gasteiger partial charge in [-0.25, -0.2) is 12.7 Å². The van der Waals surface area contributed by atoms with Gasteiger partial charge in [-0.05, 0) is 84.7 Å². The van der Waals surface area contributed by atoms with E-state index in [4.69, 9.17) is 17.3 Å². The maximum Gasteiger partial charge on any atom is 0.211 e. The molecule has 1 aromatic rings. The molecule has 0 amide bonds. The van der Waals surface area contributed by atoms with Gasteiger partial charge in [-0.1, -0.05) is 52.5 Å². The van der Waals surface area contributed by atoms with E-state index in [0.717, 1.165) is 48.0 Å². The number of benzene rings is 1. The Balaban J connectivity index is 1.66. The fourth-order valence-corrected chi connectivity index (χ4v) is 6.10. The van der Waals surface area contributed by atoms with Crippen molar-refractivity contribution in [1.82, 2.24) is 4.31 Å². The van der Waals surface area contributed by atoms with Gasteiger partial charge in [0, 0.05) is 22.6 Å². The molecule has 1 aliphatic heterocycles. The van der Waals surface area contributed by atoms with Crippen molar-refractivity contribution in [3.8, 4) is 0 Å². The van der Waals surface area contributed by atoms with Crippen molar-refractivity contribution in [2.24, 2.45) is 11.7 Å². The van der Waals surface area contributed by atoms with Crippen molar-refractivity contribution in [2.75, 3.05) is 19.3 Å². The number of hydrogen-bond donors (Lipinski definition) is 1. The van der Waals surface area contributed by atoms with Gasteiger partial charge in [0.1, 0.15) is 0 Å². The summed E-state index contributed by atoms with van der Waals surface area (Å²) in [5.41, 5.74) is 9.29. The Kier molecular flexibility index (Phi) is 8.24. The average Bonchev–Trinajstić information content (AvgIpc) is 2.82. The van der Waals surface area contributed by atoms with Gasteiger partial charge in [-0.3, -0.25) is 0 Å². The minimum Gasteiger partial charge on any atom is -0.405 e. The molecule has 4 nitrogen and oxygen atoms in total. The molecule has 1 heterocycles. The number of allylic oxidation sites excluding steroid dienone is 4. The molecule has 3 rings (SSSR count). The van der Waals surface area contributed by atoms with Gasteiger partial charge in [0.05, 0.1) is 6.26 Å². The van der Waals surface area contributed by atoms with Gasteiger partial charge in [-0.2, -0.15) is 0 Å². The van der Waals surface area contributed by atoms with E-state index in [2.05, 4.69) is 34.1 Å². The molecule has 1 atom stereocenters. The van der Waals surface area contributed by atoms with Crippen LogP contribution in [0.2, 0.25) is 5.02 Å². The summed E-state index contributed by atoms with van der Waals surface area (Å²) < 4.78 is 26.1. The van der Waals surface area contributed by atoms with Gasteiger partial charge in [0.25, 0.3) is 0 Å². The van der Waals surface area contributed by atoms with Crippen LogP contribution in [0.25, 0.3) is 6.08 Å². The Morgan fingerprint density at radius 3 is 2.67 bits per heavy atom. The average molecular weight is 514 g/mol. The molecule has 0 radical (unpaired) electrons. The van der Waals surface area contributed by atoms with Crippen LogP contribution in [0.3, 0.4) is 0 Å². The minimum absolute atomic E-state index is 0.414. The van der Waals surface area contributed by atoms with Gasteiger partial charge in [0.15, 0.2) is 0 Å². The number of nitrogens with two attached hydrogens (primary N) is 1. The smallest absolute Gasteiger partial charge is 0.211 e. The van der Waals surface area contributed by atoms with Gasteiger partial charge < -0.3 is 5.73 Å². The molecule has 0 spiro atoms. The zero-order chi connectivity index (χ0) is 21.7. The number of rotatable bonds is 6. The number of halogens is 2. The molecule has 1 aromatic carbocycles. The highest BCUT2D eigenvalue weighted by atomic mass is 79.9. The molecule has 0 saturated carbocycles. The molecule has 30 heavy (non-hydrogen) atoms. The predicted octanol–water partition coefficient (Wildman–Crippen LogP) is 5.80. The third-order valence-corrected chi connectivity index (χ3v) is 8.44. The Morgan fingerprint density at radius 2 is 2.00 bits per heavy atom. The Bertz CT molecular complexity index is 948. The zero-order valence-corrected chi connectivity index (χ0v) is 20.5. The molecule has 1 fully saturated rings. The van der Waals surface area contributed by atoms with E-state index in [-0.39, 0.29) is 0 Å². The monoisotopic (exact) mass is 512 g/mol. The lowest BCUT2D eigenvalue weighted by Crippen LogP contribution is -2.37. The number of sulfonamides is 1. The number of fused-ring (bicyclic) bond motifs is 1. The van der Waals surface area contributed by atoms with E-state index < -0.39 is 10.0 Å². The van der Waals surface area contributed by atoms with Crippen LogP contribution in [-0.2, 0) is 10.0 Å². The second kappa shape index (κ2) is 10.5. The third kappa shape index (κ3) is 6.22. The fraction of sp³-hybridized carbons (Fsp3) is 0.478. The van der Waals surface area contributed by atoms with Crippen molar-refractivity contribution < 1.29 is 8.42 Å². The summed E-state index contributed by atoms with van der Waals surface area (Å²) in [6.45, 7) is 1.31. The lowest BCUT2D eigenvalue weighted by Gasteiger charge is -2.30. The maximum atomic E-state index is 11.7. The van der Waals surface area contributed by atoms with E-state index in [9.17, 15) is 8.42 Å². The summed E-state index contributed by atoms with van der Waals surface area (Å²) in [7, 11) is -3.06. The van der Waals surface area contributed by atoms with Crippen LogP contribution in [0, 0.1) is 5.92 Å². The molecule has 1 saturated heterocycles. The molecule has 2 aliphatic rings. The van der Waals surface area contributed by atoms with Crippen molar-refractivity contribution in [3.63, 3.8) is 0 Å². The Morgan fingerprint density at radius 1 is 1.27 bits per heavy atom. The highest BCUT2D eigenvalue weighted by Crippen LogP contribution is 2.41. The zero-order valence-electron chi connectivity index (χ0n) is 17.4. The number of nitrogens with zero attached hydrogens (tertiary/aromatic N) is 1. The highest BCUT2D eigenvalue weighted by Gasteiger charge is 2.26. The van der Waals surface area contributed by atoms with Crippen LogP contribution in [0.15, 0.2) is 46.6 Å². The van der Waals surface area contributed by atoms with Crippen LogP contribution in [0.1, 0.15) is 55.6 Å². The first-order chi connectivity index (χ1) is 14.3. The first-order valence-electron chi connectivity index (χ1n) is 10.5. The Labute approximate surface area is 194 Å². The summed E-state index contributed by atoms with van der Waals surface area (Å²) >= 11 is 9.99. The lowest BCUT2D eigenvalue weighted by atomic mass is 9.84. The van der Waals surface area contributed by atoms with Crippen LogP contribution < -0.4 is 5.73 Å². The Hall–Kier alpha value is -1.08. The quantitative estimate of drug-likeness (QED) is 0.522. The number of hydrogen-bond acceptors (Lipinski definition) is 3. The maximum absolute atomic E-state index is 11.7. The van der Waals surface area contributed by atoms with Gasteiger partial charge in [-0.15, -0.1) is 0 Å². The van der Waals surface area contributed by atoms with E-state index in [1.54, 1.807) is 10.5 Å². The largest absolute Gasteiger partial charge is 0.405 e. The van der Waals surface area contributed by atoms with E-state index in [0.29, 0.717) is 24.9 Å². The van der Waals surface area contributed by atoms with Gasteiger partial charge in [0.2, 0.25) is 10.0 Å². The van der Waals surface area contributed by atoms with Crippen molar-refractivity contribution >= 4 is 43.6 Å². The van der Waals surface area contributed by atoms with Crippen molar-refractivity contribution in [1.29, 1.82) is 0 Å². The topological polar surface area (TPSA) is 63.4 Å². The first kappa shape index (κ1) is 23.6. The minimum atomic E-state index is -3.06.